The first-order chi connectivity index (χ1) is 15.0. The second kappa shape index (κ2) is 9.60. The van der Waals surface area contributed by atoms with Crippen molar-refractivity contribution in [3.63, 3.8) is 0 Å². The molecular formula is C22H25F3N2O4S. The van der Waals surface area contributed by atoms with Crippen LogP contribution < -0.4 is 5.32 Å². The standard InChI is InChI=1S/C22H25F3N2O4S/c1-27(32(30,31)18-6-3-5-17(13-18)22(23,24)25)11-10-21(29)26-20-7-2-4-16-12-15(14-28)8-9-19(16)20/h3,5-6,8-9,12-13,20,28H,2,4,7,10-11,14H2,1H3,(H,26,29)/t20-/m1/s1. The number of fused-ring (bicyclic) bond motifs is 1. The summed E-state index contributed by atoms with van der Waals surface area (Å²) in [4.78, 5) is 12.0. The van der Waals surface area contributed by atoms with Crippen LogP contribution in [-0.4, -0.2) is 37.3 Å². The fourth-order valence-electron chi connectivity index (χ4n) is 3.77. The molecule has 6 nitrogen and oxygen atoms in total. The second-order valence-electron chi connectivity index (χ2n) is 7.81. The molecule has 0 bridgehead atoms. The van der Waals surface area contributed by atoms with Gasteiger partial charge in [-0.1, -0.05) is 24.3 Å². The first-order valence-electron chi connectivity index (χ1n) is 10.2. The van der Waals surface area contributed by atoms with Gasteiger partial charge in [0.25, 0.3) is 0 Å². The quantitative estimate of drug-likeness (QED) is 0.650. The molecule has 174 valence electrons. The molecule has 0 heterocycles. The summed E-state index contributed by atoms with van der Waals surface area (Å²) in [6.07, 6.45) is -2.31. The molecule has 0 saturated carbocycles. The minimum Gasteiger partial charge on any atom is -0.392 e. The lowest BCUT2D eigenvalue weighted by molar-refractivity contribution is -0.137. The molecular weight excluding hydrogens is 445 g/mol. The summed E-state index contributed by atoms with van der Waals surface area (Å²) >= 11 is 0. The first-order valence-corrected chi connectivity index (χ1v) is 11.6. The number of benzene rings is 2. The van der Waals surface area contributed by atoms with Gasteiger partial charge in [0.2, 0.25) is 15.9 Å². The van der Waals surface area contributed by atoms with E-state index in [1.54, 1.807) is 6.07 Å². The summed E-state index contributed by atoms with van der Waals surface area (Å²) in [6, 6.07) is 8.93. The third kappa shape index (κ3) is 5.48. The van der Waals surface area contributed by atoms with Gasteiger partial charge in [0.05, 0.1) is 23.1 Å². The van der Waals surface area contributed by atoms with Crippen molar-refractivity contribution in [2.75, 3.05) is 13.6 Å². The van der Waals surface area contributed by atoms with E-state index in [0.717, 1.165) is 58.5 Å². The number of sulfonamides is 1. The molecule has 2 aromatic rings. The summed E-state index contributed by atoms with van der Waals surface area (Å²) in [5.74, 6) is -0.347. The fourth-order valence-corrected chi connectivity index (χ4v) is 4.99. The van der Waals surface area contributed by atoms with Gasteiger partial charge in [-0.25, -0.2) is 12.7 Å². The third-order valence-electron chi connectivity index (χ3n) is 5.56. The van der Waals surface area contributed by atoms with E-state index in [9.17, 15) is 31.5 Å². The Kier molecular flexibility index (Phi) is 7.26. The van der Waals surface area contributed by atoms with Gasteiger partial charge in [0, 0.05) is 20.0 Å². The second-order valence-corrected chi connectivity index (χ2v) is 9.85. The summed E-state index contributed by atoms with van der Waals surface area (Å²) in [7, 11) is -2.95. The van der Waals surface area contributed by atoms with Gasteiger partial charge in [-0.3, -0.25) is 4.79 Å². The largest absolute Gasteiger partial charge is 0.416 e. The predicted octanol–water partition coefficient (Wildman–Crippen LogP) is 3.40. The molecule has 1 aliphatic carbocycles. The topological polar surface area (TPSA) is 86.7 Å². The van der Waals surface area contributed by atoms with Crippen LogP contribution >= 0.6 is 0 Å². The number of carbonyl (C=O) groups excluding carboxylic acids is 1. The summed E-state index contributed by atoms with van der Waals surface area (Å²) in [5.41, 5.74) is 1.80. The Labute approximate surface area is 185 Å². The van der Waals surface area contributed by atoms with Crippen molar-refractivity contribution in [3.05, 3.63) is 64.7 Å². The van der Waals surface area contributed by atoms with Crippen molar-refractivity contribution in [1.82, 2.24) is 9.62 Å². The van der Waals surface area contributed by atoms with Gasteiger partial charge < -0.3 is 10.4 Å². The molecule has 0 unspecified atom stereocenters. The highest BCUT2D eigenvalue weighted by atomic mass is 32.2. The van der Waals surface area contributed by atoms with E-state index < -0.39 is 26.7 Å². The zero-order chi connectivity index (χ0) is 23.5. The molecule has 0 fully saturated rings. The fraction of sp³-hybridized carbons (Fsp3) is 0.409. The zero-order valence-corrected chi connectivity index (χ0v) is 18.3. The molecule has 3 rings (SSSR count). The molecule has 0 aliphatic heterocycles. The van der Waals surface area contributed by atoms with E-state index in [1.807, 2.05) is 12.1 Å². The van der Waals surface area contributed by atoms with Gasteiger partial charge in [0.15, 0.2) is 0 Å². The van der Waals surface area contributed by atoms with Gasteiger partial charge in [-0.15, -0.1) is 0 Å². The number of nitrogens with zero attached hydrogens (tertiary/aromatic N) is 1. The van der Waals surface area contributed by atoms with Crippen LogP contribution in [0.2, 0.25) is 0 Å². The number of amides is 1. The minimum atomic E-state index is -4.65. The number of rotatable bonds is 7. The first kappa shape index (κ1) is 24.2. The number of nitrogens with one attached hydrogen (secondary N) is 1. The van der Waals surface area contributed by atoms with Crippen LogP contribution in [0.25, 0.3) is 0 Å². The highest BCUT2D eigenvalue weighted by Crippen LogP contribution is 2.32. The Morgan fingerprint density at radius 2 is 1.97 bits per heavy atom. The molecule has 0 aromatic heterocycles. The number of hydrogen-bond acceptors (Lipinski definition) is 4. The Bertz CT molecular complexity index is 1090. The predicted molar refractivity (Wildman–Crippen MR) is 112 cm³/mol. The lowest BCUT2D eigenvalue weighted by Crippen LogP contribution is -2.35. The van der Waals surface area contributed by atoms with Gasteiger partial charge in [-0.2, -0.15) is 13.2 Å². The number of halogens is 3. The third-order valence-corrected chi connectivity index (χ3v) is 7.42. The lowest BCUT2D eigenvalue weighted by atomic mass is 9.86. The number of alkyl halides is 3. The Morgan fingerprint density at radius 1 is 1.22 bits per heavy atom. The summed E-state index contributed by atoms with van der Waals surface area (Å²) in [5, 5.41) is 12.2. The van der Waals surface area contributed by atoms with Gasteiger partial charge in [-0.05, 0) is 54.2 Å². The molecule has 1 amide bonds. The van der Waals surface area contributed by atoms with Gasteiger partial charge in [0.1, 0.15) is 0 Å². The average Bonchev–Trinajstić information content (AvgIpc) is 2.76. The molecule has 1 atom stereocenters. The van der Waals surface area contributed by atoms with Crippen LogP contribution in [0, 0.1) is 0 Å². The van der Waals surface area contributed by atoms with Crippen molar-refractivity contribution in [1.29, 1.82) is 0 Å². The number of aliphatic hydroxyl groups excluding tert-OH is 1. The van der Waals surface area contributed by atoms with Crippen LogP contribution in [0.5, 0.6) is 0 Å². The molecule has 2 aromatic carbocycles. The van der Waals surface area contributed by atoms with Crippen molar-refractivity contribution in [2.24, 2.45) is 0 Å². The monoisotopic (exact) mass is 470 g/mol. The summed E-state index contributed by atoms with van der Waals surface area (Å²) < 4.78 is 64.9. The van der Waals surface area contributed by atoms with Crippen LogP contribution in [0.4, 0.5) is 13.2 Å². The SMILES string of the molecule is CN(CCC(=O)N[C@@H]1CCCc2cc(CO)ccc21)S(=O)(=O)c1cccc(C(F)(F)F)c1. The lowest BCUT2D eigenvalue weighted by Gasteiger charge is -2.27. The molecule has 10 heteroatoms. The van der Waals surface area contributed by atoms with E-state index in [1.165, 1.54) is 7.05 Å². The Morgan fingerprint density at radius 3 is 2.66 bits per heavy atom. The molecule has 32 heavy (non-hydrogen) atoms. The highest BCUT2D eigenvalue weighted by Gasteiger charge is 2.32. The summed E-state index contributed by atoms with van der Waals surface area (Å²) in [6.45, 7) is -0.232. The molecule has 1 aliphatic rings. The van der Waals surface area contributed by atoms with Crippen LogP contribution in [0.3, 0.4) is 0 Å². The maximum atomic E-state index is 12.9. The number of hydrogen-bond donors (Lipinski definition) is 2. The average molecular weight is 471 g/mol. The van der Waals surface area contributed by atoms with E-state index in [-0.39, 0.29) is 31.5 Å². The normalized spacial score (nSPS) is 16.6. The minimum absolute atomic E-state index is 0.0585. The Hall–Kier alpha value is -2.43. The van der Waals surface area contributed by atoms with Crippen LogP contribution in [0.15, 0.2) is 47.4 Å². The maximum Gasteiger partial charge on any atom is 0.416 e. The molecule has 0 saturated heterocycles. The number of aliphatic hydroxyl groups is 1. The van der Waals surface area contributed by atoms with Crippen molar-refractivity contribution in [2.45, 2.75) is 49.4 Å². The number of carbonyl (C=O) groups is 1. The molecule has 0 radical (unpaired) electrons. The van der Waals surface area contributed by atoms with E-state index in [2.05, 4.69) is 5.32 Å². The van der Waals surface area contributed by atoms with Crippen molar-refractivity contribution >= 4 is 15.9 Å². The van der Waals surface area contributed by atoms with Crippen molar-refractivity contribution in [3.8, 4) is 0 Å². The van der Waals surface area contributed by atoms with Crippen LogP contribution in [0.1, 0.15) is 47.6 Å². The smallest absolute Gasteiger partial charge is 0.392 e. The zero-order valence-electron chi connectivity index (χ0n) is 17.5. The van der Waals surface area contributed by atoms with E-state index in [0.29, 0.717) is 6.07 Å². The number of aryl methyl sites for hydroxylation is 1. The Balaban J connectivity index is 1.63. The van der Waals surface area contributed by atoms with Crippen LogP contribution in [-0.2, 0) is 34.0 Å². The van der Waals surface area contributed by atoms with Crippen molar-refractivity contribution < 1.29 is 31.5 Å². The highest BCUT2D eigenvalue weighted by molar-refractivity contribution is 7.89. The van der Waals surface area contributed by atoms with Gasteiger partial charge >= 0.3 is 6.18 Å². The molecule has 0 spiro atoms. The van der Waals surface area contributed by atoms with E-state index >= 15 is 0 Å². The maximum absolute atomic E-state index is 12.9. The van der Waals surface area contributed by atoms with E-state index in [4.69, 9.17) is 0 Å². The molecule has 2 N–H and O–H groups in total.